The standard InChI is InChI=1S/C21H25F2N3O2.HI/c1-4-24-21(25-12-13-8-9-18(27-2)19(10-13)28-3)26-17-11-14(17)20-15(22)6-5-7-16(20)23;/h5-10,14,17H,4,11-12H2,1-3H3,(H2,24,25,26);1H. The third-order valence-electron chi connectivity index (χ3n) is 4.69. The van der Waals surface area contributed by atoms with E-state index < -0.39 is 11.6 Å². The van der Waals surface area contributed by atoms with E-state index in [1.165, 1.54) is 18.2 Å². The number of hydrogen-bond acceptors (Lipinski definition) is 3. The van der Waals surface area contributed by atoms with Crippen LogP contribution in [0.3, 0.4) is 0 Å². The molecule has 1 saturated carbocycles. The minimum Gasteiger partial charge on any atom is -0.493 e. The number of rotatable bonds is 7. The molecule has 0 saturated heterocycles. The molecular weight excluding hydrogens is 491 g/mol. The van der Waals surface area contributed by atoms with E-state index in [1.54, 1.807) is 14.2 Å². The monoisotopic (exact) mass is 517 g/mol. The van der Waals surface area contributed by atoms with Crippen molar-refractivity contribution in [2.75, 3.05) is 20.8 Å². The highest BCUT2D eigenvalue weighted by atomic mass is 127. The van der Waals surface area contributed by atoms with Gasteiger partial charge in [-0.15, -0.1) is 24.0 Å². The van der Waals surface area contributed by atoms with Crippen molar-refractivity contribution >= 4 is 29.9 Å². The van der Waals surface area contributed by atoms with Gasteiger partial charge in [0.1, 0.15) is 11.6 Å². The third kappa shape index (κ3) is 5.71. The van der Waals surface area contributed by atoms with E-state index >= 15 is 0 Å². The molecule has 29 heavy (non-hydrogen) atoms. The maximum Gasteiger partial charge on any atom is 0.191 e. The molecule has 0 amide bonds. The summed E-state index contributed by atoms with van der Waals surface area (Å²) in [6.45, 7) is 3.08. The number of nitrogens with zero attached hydrogens (tertiary/aromatic N) is 1. The van der Waals surface area contributed by atoms with Gasteiger partial charge in [-0.2, -0.15) is 0 Å². The smallest absolute Gasteiger partial charge is 0.191 e. The molecule has 0 radical (unpaired) electrons. The number of aliphatic imine (C=N–C) groups is 1. The number of hydrogen-bond donors (Lipinski definition) is 2. The molecule has 2 unspecified atom stereocenters. The molecule has 158 valence electrons. The van der Waals surface area contributed by atoms with Gasteiger partial charge in [0.25, 0.3) is 0 Å². The number of ether oxygens (including phenoxy) is 2. The lowest BCUT2D eigenvalue weighted by Gasteiger charge is -2.12. The van der Waals surface area contributed by atoms with Crippen LogP contribution >= 0.6 is 24.0 Å². The predicted molar refractivity (Wildman–Crippen MR) is 120 cm³/mol. The van der Waals surface area contributed by atoms with Gasteiger partial charge in [-0.25, -0.2) is 13.8 Å². The molecule has 2 N–H and O–H groups in total. The molecule has 2 aromatic rings. The summed E-state index contributed by atoms with van der Waals surface area (Å²) < 4.78 is 38.5. The summed E-state index contributed by atoms with van der Waals surface area (Å²) in [5.41, 5.74) is 1.11. The summed E-state index contributed by atoms with van der Waals surface area (Å²) in [4.78, 5) is 4.58. The fourth-order valence-corrected chi connectivity index (χ4v) is 3.18. The van der Waals surface area contributed by atoms with Gasteiger partial charge in [0.05, 0.1) is 20.8 Å². The zero-order valence-electron chi connectivity index (χ0n) is 16.7. The Hall–Kier alpha value is -2.10. The molecule has 3 rings (SSSR count). The maximum absolute atomic E-state index is 14.0. The van der Waals surface area contributed by atoms with Crippen LogP contribution in [0.5, 0.6) is 11.5 Å². The van der Waals surface area contributed by atoms with Crippen molar-refractivity contribution in [3.63, 3.8) is 0 Å². The predicted octanol–water partition coefficient (Wildman–Crippen LogP) is 4.21. The first-order valence-corrected chi connectivity index (χ1v) is 9.27. The molecule has 8 heteroatoms. The van der Waals surface area contributed by atoms with Crippen molar-refractivity contribution in [2.45, 2.75) is 31.8 Å². The van der Waals surface area contributed by atoms with E-state index in [2.05, 4.69) is 15.6 Å². The van der Waals surface area contributed by atoms with E-state index in [1.807, 2.05) is 25.1 Å². The highest BCUT2D eigenvalue weighted by molar-refractivity contribution is 14.0. The van der Waals surface area contributed by atoms with E-state index in [9.17, 15) is 8.78 Å². The lowest BCUT2D eigenvalue weighted by atomic mass is 10.1. The van der Waals surface area contributed by atoms with Crippen molar-refractivity contribution in [3.8, 4) is 11.5 Å². The van der Waals surface area contributed by atoms with Crippen LogP contribution in [0.15, 0.2) is 41.4 Å². The first-order valence-electron chi connectivity index (χ1n) is 9.27. The summed E-state index contributed by atoms with van der Waals surface area (Å²) in [5.74, 6) is 0.731. The second-order valence-electron chi connectivity index (χ2n) is 6.61. The van der Waals surface area contributed by atoms with Gasteiger partial charge in [0, 0.05) is 24.1 Å². The van der Waals surface area contributed by atoms with Gasteiger partial charge in [-0.1, -0.05) is 12.1 Å². The Kier molecular flexibility index (Phi) is 8.48. The normalized spacial score (nSPS) is 17.9. The second kappa shape index (κ2) is 10.6. The SMILES string of the molecule is CCNC(=NCc1ccc(OC)c(OC)c1)NC1CC1c1c(F)cccc1F.I. The maximum atomic E-state index is 14.0. The van der Waals surface area contributed by atoms with Gasteiger partial charge in [-0.05, 0) is 43.2 Å². The van der Waals surface area contributed by atoms with E-state index in [4.69, 9.17) is 9.47 Å². The highest BCUT2D eigenvalue weighted by Gasteiger charge is 2.42. The number of guanidine groups is 1. The van der Waals surface area contributed by atoms with Crippen LogP contribution in [0.2, 0.25) is 0 Å². The topological polar surface area (TPSA) is 54.9 Å². The molecule has 1 aliphatic rings. The first kappa shape index (κ1) is 23.2. The van der Waals surface area contributed by atoms with Gasteiger partial charge in [0.15, 0.2) is 17.5 Å². The largest absolute Gasteiger partial charge is 0.493 e. The Morgan fingerprint density at radius 2 is 1.79 bits per heavy atom. The van der Waals surface area contributed by atoms with Gasteiger partial charge in [-0.3, -0.25) is 0 Å². The molecule has 1 fully saturated rings. The van der Waals surface area contributed by atoms with Crippen LogP contribution in [0, 0.1) is 11.6 Å². The summed E-state index contributed by atoms with van der Waals surface area (Å²) in [6, 6.07) is 9.56. The van der Waals surface area contributed by atoms with Crippen molar-refractivity contribution in [3.05, 3.63) is 59.2 Å². The van der Waals surface area contributed by atoms with Crippen LogP contribution in [-0.4, -0.2) is 32.8 Å². The van der Waals surface area contributed by atoms with Gasteiger partial charge in [0.2, 0.25) is 0 Å². The van der Waals surface area contributed by atoms with Crippen molar-refractivity contribution in [2.24, 2.45) is 4.99 Å². The van der Waals surface area contributed by atoms with Gasteiger partial charge < -0.3 is 20.1 Å². The van der Waals surface area contributed by atoms with Crippen LogP contribution in [0.1, 0.15) is 30.4 Å². The van der Waals surface area contributed by atoms with Crippen LogP contribution in [0.4, 0.5) is 8.78 Å². The van der Waals surface area contributed by atoms with Crippen LogP contribution in [-0.2, 0) is 6.54 Å². The Morgan fingerprint density at radius 1 is 1.10 bits per heavy atom. The fraction of sp³-hybridized carbons (Fsp3) is 0.381. The molecule has 1 aliphatic carbocycles. The molecule has 0 heterocycles. The molecule has 0 spiro atoms. The zero-order chi connectivity index (χ0) is 20.1. The summed E-state index contributed by atoms with van der Waals surface area (Å²) in [7, 11) is 3.18. The quantitative estimate of drug-likeness (QED) is 0.329. The molecule has 2 atom stereocenters. The summed E-state index contributed by atoms with van der Waals surface area (Å²) >= 11 is 0. The zero-order valence-corrected chi connectivity index (χ0v) is 19.0. The van der Waals surface area contributed by atoms with Crippen LogP contribution in [0.25, 0.3) is 0 Å². The minimum atomic E-state index is -0.499. The second-order valence-corrected chi connectivity index (χ2v) is 6.61. The van der Waals surface area contributed by atoms with E-state index in [0.717, 1.165) is 5.56 Å². The summed E-state index contributed by atoms with van der Waals surface area (Å²) in [6.07, 6.45) is 0.665. The third-order valence-corrected chi connectivity index (χ3v) is 4.69. The highest BCUT2D eigenvalue weighted by Crippen LogP contribution is 2.43. The lowest BCUT2D eigenvalue weighted by Crippen LogP contribution is -2.39. The Labute approximate surface area is 186 Å². The molecule has 5 nitrogen and oxygen atoms in total. The molecule has 0 bridgehead atoms. The Morgan fingerprint density at radius 3 is 2.41 bits per heavy atom. The number of methoxy groups -OCH3 is 2. The Bertz CT molecular complexity index is 844. The lowest BCUT2D eigenvalue weighted by molar-refractivity contribution is 0.354. The first-order chi connectivity index (χ1) is 13.6. The molecule has 0 aromatic heterocycles. The van der Waals surface area contributed by atoms with Crippen molar-refractivity contribution in [1.29, 1.82) is 0 Å². The molecular formula is C21H26F2IN3O2. The average Bonchev–Trinajstić information content (AvgIpc) is 3.44. The Balaban J connectivity index is 0.00000300. The number of halogens is 3. The van der Waals surface area contributed by atoms with Crippen molar-refractivity contribution < 1.29 is 18.3 Å². The van der Waals surface area contributed by atoms with Gasteiger partial charge >= 0.3 is 0 Å². The average molecular weight is 517 g/mol. The molecule has 0 aliphatic heterocycles. The van der Waals surface area contributed by atoms with E-state index in [-0.39, 0.29) is 41.5 Å². The fourth-order valence-electron chi connectivity index (χ4n) is 3.18. The minimum absolute atomic E-state index is 0. The van der Waals surface area contributed by atoms with Crippen molar-refractivity contribution in [1.82, 2.24) is 10.6 Å². The number of nitrogens with one attached hydrogen (secondary N) is 2. The van der Waals surface area contributed by atoms with Crippen LogP contribution < -0.4 is 20.1 Å². The van der Waals surface area contributed by atoms with E-state index in [0.29, 0.717) is 37.0 Å². The molecule has 2 aromatic carbocycles. The number of benzene rings is 2. The summed E-state index contributed by atoms with van der Waals surface area (Å²) in [5, 5.41) is 6.44.